The second-order valence-corrected chi connectivity index (χ2v) is 9.96. The van der Waals surface area contributed by atoms with Gasteiger partial charge in [0.05, 0.1) is 23.0 Å². The highest BCUT2D eigenvalue weighted by atomic mass is 16.3. The van der Waals surface area contributed by atoms with Crippen molar-refractivity contribution < 1.29 is 20.1 Å². The zero-order valence-electron chi connectivity index (χ0n) is 20.4. The normalized spacial score (nSPS) is 23.1. The second-order valence-electron chi connectivity index (χ2n) is 9.96. The third-order valence-corrected chi connectivity index (χ3v) is 7.50. The monoisotopic (exact) mass is 504 g/mol. The van der Waals surface area contributed by atoms with Crippen molar-refractivity contribution in [1.82, 2.24) is 19.5 Å². The number of nitrogens with zero attached hydrogens (tertiary/aromatic N) is 4. The summed E-state index contributed by atoms with van der Waals surface area (Å²) in [4.78, 5) is 21.6. The highest BCUT2D eigenvalue weighted by Gasteiger charge is 2.42. The van der Waals surface area contributed by atoms with Gasteiger partial charge in [0.1, 0.15) is 29.7 Å². The quantitative estimate of drug-likeness (QED) is 0.238. The molecule has 0 amide bonds. The molecule has 10 heteroatoms. The lowest BCUT2D eigenvalue weighted by Gasteiger charge is -2.19. The van der Waals surface area contributed by atoms with Crippen LogP contribution in [0.2, 0.25) is 0 Å². The summed E-state index contributed by atoms with van der Waals surface area (Å²) < 4.78 is 1.93. The van der Waals surface area contributed by atoms with Gasteiger partial charge in [0, 0.05) is 18.1 Å². The first-order chi connectivity index (χ1) is 18.0. The smallest absolute Gasteiger partial charge is 0.290 e. The van der Waals surface area contributed by atoms with Crippen LogP contribution >= 0.6 is 0 Å². The number of benzene rings is 1. The van der Waals surface area contributed by atoms with Gasteiger partial charge in [0.15, 0.2) is 0 Å². The molecule has 2 aliphatic carbocycles. The van der Waals surface area contributed by atoms with Gasteiger partial charge in [-0.25, -0.2) is 15.0 Å². The molecule has 3 heterocycles. The lowest BCUT2D eigenvalue weighted by Crippen LogP contribution is -2.29. The molecule has 4 atom stereocenters. The average molecular weight is 505 g/mol. The number of nitrogens with one attached hydrogen (secondary N) is 1. The van der Waals surface area contributed by atoms with Gasteiger partial charge in [-0.2, -0.15) is 0 Å². The number of anilines is 2. The molecule has 6 rings (SSSR count). The first kappa shape index (κ1) is 24.9. The Bertz CT molecular complexity index is 1390. The number of aromatic nitrogens is 4. The van der Waals surface area contributed by atoms with E-state index in [9.17, 15) is 10.2 Å². The summed E-state index contributed by atoms with van der Waals surface area (Å²) in [6, 6.07) is 12.2. The topological polar surface area (TPSA) is 159 Å². The molecule has 3 aromatic heterocycles. The van der Waals surface area contributed by atoms with Crippen molar-refractivity contribution in [3.8, 4) is 0 Å². The first-order valence-corrected chi connectivity index (χ1v) is 12.6. The molecule has 2 aliphatic rings. The Balaban J connectivity index is 0.000000892. The minimum Gasteiger partial charge on any atom is -0.483 e. The van der Waals surface area contributed by atoms with Crippen LogP contribution in [0.5, 0.6) is 0 Å². The van der Waals surface area contributed by atoms with Crippen molar-refractivity contribution in [2.45, 2.75) is 50.4 Å². The molecule has 37 heavy (non-hydrogen) atoms. The van der Waals surface area contributed by atoms with Crippen LogP contribution in [0.4, 0.5) is 11.6 Å². The standard InChI is InChI=1S/C26H30N6O2.CH2O2/c27-25-19-9-10-32(26(19)30-14-29-25)21-12-18(23(33)24(21)34)6-4-15-3-5-17-7-8-22(31-20(17)11-15)28-13-16-1-2-16;2-1-3/h3,5,7-11,14,16,18,21,23-24,33-34H,1-2,4,6,12-13H2,(H,28,31)(H2,27,29,30);1H,(H,2,3)/t18-,21+,23+,24-;/m0./s1. The Kier molecular flexibility index (Phi) is 7.20. The number of aryl methyl sites for hydroxylation is 1. The van der Waals surface area contributed by atoms with Gasteiger partial charge in [-0.15, -0.1) is 0 Å². The molecular weight excluding hydrogens is 472 g/mol. The van der Waals surface area contributed by atoms with Crippen LogP contribution in [0.25, 0.3) is 21.9 Å². The van der Waals surface area contributed by atoms with Crippen molar-refractivity contribution in [1.29, 1.82) is 0 Å². The fourth-order valence-electron chi connectivity index (χ4n) is 5.26. The zero-order chi connectivity index (χ0) is 25.9. The average Bonchev–Trinajstić information content (AvgIpc) is 3.57. The number of carbonyl (C=O) groups is 1. The fraction of sp³-hybridized carbons (Fsp3) is 0.407. The molecule has 0 radical (unpaired) electrons. The van der Waals surface area contributed by atoms with E-state index in [4.69, 9.17) is 20.6 Å². The van der Waals surface area contributed by atoms with E-state index in [1.807, 2.05) is 22.9 Å². The number of pyridine rings is 1. The van der Waals surface area contributed by atoms with Crippen LogP contribution < -0.4 is 11.1 Å². The molecule has 2 saturated carbocycles. The summed E-state index contributed by atoms with van der Waals surface area (Å²) in [7, 11) is 0. The van der Waals surface area contributed by atoms with Gasteiger partial charge in [-0.05, 0) is 73.8 Å². The van der Waals surface area contributed by atoms with Crippen molar-refractivity contribution in [3.63, 3.8) is 0 Å². The van der Waals surface area contributed by atoms with Crippen LogP contribution in [0, 0.1) is 11.8 Å². The lowest BCUT2D eigenvalue weighted by molar-refractivity contribution is -0.122. The van der Waals surface area contributed by atoms with Crippen LogP contribution in [0.15, 0.2) is 48.9 Å². The van der Waals surface area contributed by atoms with Crippen LogP contribution in [0.1, 0.15) is 37.3 Å². The number of carboxylic acid groups (broad SMARTS) is 1. The maximum Gasteiger partial charge on any atom is 0.290 e. The Morgan fingerprint density at radius 1 is 1.11 bits per heavy atom. The maximum absolute atomic E-state index is 10.8. The van der Waals surface area contributed by atoms with Crippen molar-refractivity contribution >= 4 is 40.0 Å². The molecule has 0 unspecified atom stereocenters. The molecule has 4 aromatic rings. The third-order valence-electron chi connectivity index (χ3n) is 7.50. The molecule has 6 N–H and O–H groups in total. The maximum atomic E-state index is 10.8. The SMILES string of the molecule is Nc1ncnc2c1ccn2[C@@H]1C[C@H](CCc2ccc3ccc(NCC4CC4)nc3c2)[C@@H](O)[C@H]1O.O=CO. The van der Waals surface area contributed by atoms with Gasteiger partial charge < -0.3 is 30.9 Å². The van der Waals surface area contributed by atoms with Crippen LogP contribution in [0.3, 0.4) is 0 Å². The Morgan fingerprint density at radius 3 is 2.68 bits per heavy atom. The van der Waals surface area contributed by atoms with E-state index in [1.54, 1.807) is 0 Å². The Labute approximate surface area is 214 Å². The number of rotatable bonds is 7. The van der Waals surface area contributed by atoms with Crippen molar-refractivity contribution in [3.05, 3.63) is 54.5 Å². The predicted molar refractivity (Wildman–Crippen MR) is 141 cm³/mol. The van der Waals surface area contributed by atoms with Crippen LogP contribution in [-0.2, 0) is 11.2 Å². The number of aliphatic hydroxyl groups excluding tert-OH is 2. The van der Waals surface area contributed by atoms with E-state index in [1.165, 1.54) is 24.7 Å². The molecule has 1 aromatic carbocycles. The number of aliphatic hydroxyl groups is 2. The highest BCUT2D eigenvalue weighted by Crippen LogP contribution is 2.39. The van der Waals surface area contributed by atoms with E-state index < -0.39 is 12.2 Å². The van der Waals surface area contributed by atoms with Gasteiger partial charge >= 0.3 is 0 Å². The van der Waals surface area contributed by atoms with Gasteiger partial charge in [-0.1, -0.05) is 12.1 Å². The van der Waals surface area contributed by atoms with Crippen LogP contribution in [-0.4, -0.2) is 60.1 Å². The number of hydrogen-bond acceptors (Lipinski definition) is 8. The summed E-state index contributed by atoms with van der Waals surface area (Å²) >= 11 is 0. The number of nitrogens with two attached hydrogens (primary N) is 1. The summed E-state index contributed by atoms with van der Waals surface area (Å²) in [6.07, 6.45) is 6.60. The van der Waals surface area contributed by atoms with E-state index in [0.29, 0.717) is 17.9 Å². The fourth-order valence-corrected chi connectivity index (χ4v) is 5.26. The molecule has 0 saturated heterocycles. The zero-order valence-corrected chi connectivity index (χ0v) is 20.4. The Hall–Kier alpha value is -3.76. The van der Waals surface area contributed by atoms with E-state index >= 15 is 0 Å². The largest absolute Gasteiger partial charge is 0.483 e. The van der Waals surface area contributed by atoms with E-state index in [2.05, 4.69) is 39.6 Å². The molecular formula is C27H32N6O4. The summed E-state index contributed by atoms with van der Waals surface area (Å²) in [5.41, 5.74) is 8.83. The first-order valence-electron chi connectivity index (χ1n) is 12.6. The molecule has 0 bridgehead atoms. The predicted octanol–water partition coefficient (Wildman–Crippen LogP) is 3.00. The van der Waals surface area contributed by atoms with Gasteiger partial charge in [0.2, 0.25) is 0 Å². The lowest BCUT2D eigenvalue weighted by atomic mass is 9.95. The minimum absolute atomic E-state index is 0.00756. The highest BCUT2D eigenvalue weighted by molar-refractivity contribution is 5.86. The number of fused-ring (bicyclic) bond motifs is 2. The van der Waals surface area contributed by atoms with Crippen molar-refractivity contribution in [2.75, 3.05) is 17.6 Å². The van der Waals surface area contributed by atoms with E-state index in [-0.39, 0.29) is 18.4 Å². The molecule has 0 spiro atoms. The molecule has 10 nitrogen and oxygen atoms in total. The molecule has 0 aliphatic heterocycles. The van der Waals surface area contributed by atoms with E-state index in [0.717, 1.165) is 47.4 Å². The summed E-state index contributed by atoms with van der Waals surface area (Å²) in [5, 5.41) is 33.9. The van der Waals surface area contributed by atoms with Gasteiger partial charge in [-0.3, -0.25) is 4.79 Å². The van der Waals surface area contributed by atoms with Crippen molar-refractivity contribution in [2.24, 2.45) is 11.8 Å². The molecule has 194 valence electrons. The summed E-state index contributed by atoms with van der Waals surface area (Å²) in [5.74, 6) is 2.14. The second kappa shape index (κ2) is 10.7. The minimum atomic E-state index is -0.852. The Morgan fingerprint density at radius 2 is 1.89 bits per heavy atom. The molecule has 2 fully saturated rings. The number of hydrogen-bond donors (Lipinski definition) is 5. The number of nitrogen functional groups attached to an aromatic ring is 1. The van der Waals surface area contributed by atoms with Gasteiger partial charge in [0.25, 0.3) is 6.47 Å². The summed E-state index contributed by atoms with van der Waals surface area (Å²) in [6.45, 7) is 0.747. The third kappa shape index (κ3) is 5.35.